The number of pyridine rings is 1. The number of unbranched alkanes of at least 4 members (excludes halogenated alkanes) is 2. The highest BCUT2D eigenvalue weighted by atomic mass is 35.5. The Bertz CT molecular complexity index is 1240. The number of hydrogen-bond donors (Lipinski definition) is 1. The number of nitrogens with one attached hydrogen (secondary N) is 1. The second kappa shape index (κ2) is 11.0. The Morgan fingerprint density at radius 2 is 1.88 bits per heavy atom. The van der Waals surface area contributed by atoms with Gasteiger partial charge in [0.15, 0.2) is 5.65 Å². The van der Waals surface area contributed by atoms with Crippen molar-refractivity contribution in [2.75, 3.05) is 12.4 Å². The van der Waals surface area contributed by atoms with E-state index in [0.29, 0.717) is 53.8 Å². The Balaban J connectivity index is 1.84. The van der Waals surface area contributed by atoms with Crippen molar-refractivity contribution in [1.82, 2.24) is 19.3 Å². The molecule has 1 N–H and O–H groups in total. The van der Waals surface area contributed by atoms with Crippen LogP contribution in [0.5, 0.6) is 5.75 Å². The van der Waals surface area contributed by atoms with Gasteiger partial charge in [0.05, 0.1) is 18.9 Å². The summed E-state index contributed by atoms with van der Waals surface area (Å²) in [5, 5.41) is 0.557. The topological polar surface area (TPSA) is 103 Å². The minimum absolute atomic E-state index is 0.00879. The first-order valence-corrected chi connectivity index (χ1v) is 13.1. The lowest BCUT2D eigenvalue weighted by Crippen LogP contribution is -2.33. The number of aromatic nitrogens is 3. The fourth-order valence-electron chi connectivity index (χ4n) is 3.26. The van der Waals surface area contributed by atoms with Crippen molar-refractivity contribution in [3.8, 4) is 5.75 Å². The predicted octanol–water partition coefficient (Wildman–Crippen LogP) is 4.48. The van der Waals surface area contributed by atoms with Gasteiger partial charge in [-0.05, 0) is 49.6 Å². The second-order valence-electron chi connectivity index (χ2n) is 7.84. The molecule has 0 atom stereocenters. The third kappa shape index (κ3) is 6.45. The molecule has 0 radical (unpaired) electrons. The number of imidazole rings is 1. The van der Waals surface area contributed by atoms with Gasteiger partial charge >= 0.3 is 0 Å². The van der Waals surface area contributed by atoms with E-state index in [2.05, 4.69) is 21.6 Å². The highest BCUT2D eigenvalue weighted by molar-refractivity contribution is 7.90. The lowest BCUT2D eigenvalue weighted by molar-refractivity contribution is 0.0977. The second-order valence-corrected chi connectivity index (χ2v) is 10.1. The highest BCUT2D eigenvalue weighted by Crippen LogP contribution is 2.25. The van der Waals surface area contributed by atoms with Crippen molar-refractivity contribution >= 4 is 38.7 Å². The largest absolute Gasteiger partial charge is 0.494 e. The molecule has 33 heavy (non-hydrogen) atoms. The van der Waals surface area contributed by atoms with Crippen LogP contribution in [0.3, 0.4) is 0 Å². The lowest BCUT2D eigenvalue weighted by atomic mass is 10.2. The molecule has 8 nitrogen and oxygen atoms in total. The molecule has 178 valence electrons. The lowest BCUT2D eigenvalue weighted by Gasteiger charge is -2.11. The molecule has 10 heteroatoms. The van der Waals surface area contributed by atoms with E-state index >= 15 is 0 Å². The maximum Gasteiger partial charge on any atom is 0.283 e. The molecule has 2 aromatic heterocycles. The number of hydrogen-bond acceptors (Lipinski definition) is 6. The number of aryl methyl sites for hydroxylation is 1. The summed E-state index contributed by atoms with van der Waals surface area (Å²) in [4.78, 5) is 21.4. The van der Waals surface area contributed by atoms with E-state index in [1.165, 1.54) is 6.07 Å². The minimum atomic E-state index is -3.71. The van der Waals surface area contributed by atoms with Gasteiger partial charge in [-0.2, -0.15) is 0 Å². The molecule has 0 aliphatic carbocycles. The van der Waals surface area contributed by atoms with E-state index in [-0.39, 0.29) is 11.4 Å². The van der Waals surface area contributed by atoms with Gasteiger partial charge in [-0.25, -0.2) is 23.1 Å². The van der Waals surface area contributed by atoms with E-state index in [0.717, 1.165) is 18.4 Å². The van der Waals surface area contributed by atoms with Crippen LogP contribution in [-0.4, -0.2) is 41.2 Å². The number of nitrogens with zero attached hydrogens (tertiary/aromatic N) is 3. The van der Waals surface area contributed by atoms with Crippen LogP contribution >= 0.6 is 11.6 Å². The molecular weight excluding hydrogens is 464 g/mol. The van der Waals surface area contributed by atoms with Crippen LogP contribution in [-0.2, 0) is 16.6 Å². The summed E-state index contributed by atoms with van der Waals surface area (Å²) >= 11 is 6.49. The Morgan fingerprint density at radius 3 is 2.58 bits per heavy atom. The molecule has 3 rings (SSSR count). The van der Waals surface area contributed by atoms with Gasteiger partial charge in [0.2, 0.25) is 10.0 Å². The molecule has 0 unspecified atom stereocenters. The first-order valence-electron chi connectivity index (χ1n) is 11.0. The minimum Gasteiger partial charge on any atom is -0.494 e. The van der Waals surface area contributed by atoms with Crippen LogP contribution in [0.2, 0.25) is 5.02 Å². The Kier molecular flexibility index (Phi) is 8.31. The molecule has 0 saturated carbocycles. The van der Waals surface area contributed by atoms with E-state index < -0.39 is 15.9 Å². The zero-order chi connectivity index (χ0) is 24.0. The average molecular weight is 493 g/mol. The van der Waals surface area contributed by atoms with Crippen molar-refractivity contribution in [3.63, 3.8) is 0 Å². The van der Waals surface area contributed by atoms with E-state index in [9.17, 15) is 13.2 Å². The summed E-state index contributed by atoms with van der Waals surface area (Å²) in [5.74, 6) is 0.548. The fourth-order valence-corrected chi connectivity index (χ4v) is 4.65. The smallest absolute Gasteiger partial charge is 0.283 e. The summed E-state index contributed by atoms with van der Waals surface area (Å²) in [6.45, 7) is 6.86. The van der Waals surface area contributed by atoms with Crippen molar-refractivity contribution in [3.05, 3.63) is 52.4 Å². The van der Waals surface area contributed by atoms with E-state index in [4.69, 9.17) is 16.3 Å². The molecule has 1 amide bonds. The van der Waals surface area contributed by atoms with Crippen LogP contribution in [0, 0.1) is 6.92 Å². The van der Waals surface area contributed by atoms with Crippen molar-refractivity contribution in [2.24, 2.45) is 0 Å². The quantitative estimate of drug-likeness (QED) is 0.396. The highest BCUT2D eigenvalue weighted by Gasteiger charge is 2.19. The van der Waals surface area contributed by atoms with Gasteiger partial charge in [0, 0.05) is 5.02 Å². The summed E-state index contributed by atoms with van der Waals surface area (Å²) in [5.41, 5.74) is 1.94. The maximum absolute atomic E-state index is 12.5. The van der Waals surface area contributed by atoms with Crippen LogP contribution in [0.25, 0.3) is 11.2 Å². The first kappa shape index (κ1) is 25.0. The molecule has 0 bridgehead atoms. The van der Waals surface area contributed by atoms with Crippen LogP contribution < -0.4 is 9.46 Å². The molecule has 0 fully saturated rings. The average Bonchev–Trinajstić information content (AvgIpc) is 3.08. The van der Waals surface area contributed by atoms with Gasteiger partial charge in [-0.15, -0.1) is 0 Å². The number of fused-ring (bicyclic) bond motifs is 1. The van der Waals surface area contributed by atoms with Gasteiger partial charge in [-0.3, -0.25) is 4.79 Å². The van der Waals surface area contributed by atoms with Gasteiger partial charge in [0.1, 0.15) is 22.8 Å². The van der Waals surface area contributed by atoms with Crippen LogP contribution in [0.4, 0.5) is 0 Å². The molecule has 0 aliphatic rings. The number of amides is 1. The number of carbonyl (C=O) groups is 1. The number of ether oxygens (including phenoxy) is 1. The zero-order valence-corrected chi connectivity index (χ0v) is 20.7. The van der Waals surface area contributed by atoms with Crippen LogP contribution in [0.1, 0.15) is 61.4 Å². The van der Waals surface area contributed by atoms with Crippen molar-refractivity contribution in [1.29, 1.82) is 0 Å². The third-order valence-corrected chi connectivity index (χ3v) is 6.82. The third-order valence-electron chi connectivity index (χ3n) is 5.15. The fraction of sp³-hybridized carbons (Fsp3) is 0.435. The summed E-state index contributed by atoms with van der Waals surface area (Å²) in [6.07, 6.45) is 3.22. The number of sulfonamides is 1. The van der Waals surface area contributed by atoms with Crippen LogP contribution in [0.15, 0.2) is 30.3 Å². The number of rotatable bonds is 11. The molecule has 3 aromatic rings. The molecule has 0 saturated heterocycles. The van der Waals surface area contributed by atoms with E-state index in [1.807, 2.05) is 30.5 Å². The molecule has 0 aliphatic heterocycles. The summed E-state index contributed by atoms with van der Waals surface area (Å²) in [7, 11) is -3.71. The molecule has 2 heterocycles. The van der Waals surface area contributed by atoms with Gasteiger partial charge in [0.25, 0.3) is 5.91 Å². The number of benzene rings is 1. The summed E-state index contributed by atoms with van der Waals surface area (Å²) < 4.78 is 33.8. The number of carbonyl (C=O) groups excluding carboxylic acids is 1. The van der Waals surface area contributed by atoms with Crippen molar-refractivity contribution in [2.45, 2.75) is 53.0 Å². The zero-order valence-electron chi connectivity index (χ0n) is 19.1. The molecular formula is C23H29ClN4O4S. The Labute approximate surface area is 199 Å². The predicted molar refractivity (Wildman–Crippen MR) is 129 cm³/mol. The maximum atomic E-state index is 12.5. The first-order chi connectivity index (χ1) is 15.7. The van der Waals surface area contributed by atoms with Gasteiger partial charge in [-0.1, -0.05) is 44.4 Å². The molecule has 0 spiro atoms. The number of halogens is 1. The van der Waals surface area contributed by atoms with Gasteiger partial charge < -0.3 is 9.30 Å². The standard InChI is InChI=1S/C23H29ClN4O4S/c1-4-6-12-32-18-9-8-17(19(24)14-18)15-28-16(3)25-20-10-11-21(26-22(20)28)23(29)27-33(30,31)13-7-5-2/h8-11,14H,4-7,12-13,15H2,1-3H3,(H,27,29). The monoisotopic (exact) mass is 492 g/mol. The summed E-state index contributed by atoms with van der Waals surface area (Å²) in [6, 6.07) is 8.68. The Morgan fingerprint density at radius 1 is 1.12 bits per heavy atom. The van der Waals surface area contributed by atoms with E-state index in [1.54, 1.807) is 12.1 Å². The molecule has 1 aromatic carbocycles. The normalized spacial score (nSPS) is 11.6. The van der Waals surface area contributed by atoms with Crippen molar-refractivity contribution < 1.29 is 17.9 Å². The Hall–Kier alpha value is -2.65. The SMILES string of the molecule is CCCCOc1ccc(Cn2c(C)nc3ccc(C(=O)NS(=O)(=O)CCCC)nc32)c(Cl)c1.